The van der Waals surface area contributed by atoms with Crippen molar-refractivity contribution < 1.29 is 4.74 Å². The molecule has 2 heterocycles. The first-order valence-corrected chi connectivity index (χ1v) is 8.26. The number of allylic oxidation sites excluding steroid dienone is 5. The molecule has 0 amide bonds. The average Bonchev–Trinajstić information content (AvgIpc) is 3.04. The molecule has 0 aliphatic heterocycles. The second-order valence-electron chi connectivity index (χ2n) is 5.86. The van der Waals surface area contributed by atoms with Crippen molar-refractivity contribution in [2.45, 2.75) is 13.8 Å². The number of H-pyrrole nitrogens is 1. The molecule has 1 aromatic carbocycles. The van der Waals surface area contributed by atoms with E-state index in [1.165, 1.54) is 0 Å². The van der Waals surface area contributed by atoms with Gasteiger partial charge in [-0.1, -0.05) is 36.9 Å². The van der Waals surface area contributed by atoms with E-state index in [0.717, 1.165) is 44.6 Å². The Balaban J connectivity index is 2.13. The number of pyridine rings is 1. The molecule has 2 aromatic heterocycles. The van der Waals surface area contributed by atoms with Crippen LogP contribution in [-0.4, -0.2) is 17.1 Å². The molecule has 3 heteroatoms. The minimum absolute atomic E-state index is 0.878. The van der Waals surface area contributed by atoms with Gasteiger partial charge in [-0.05, 0) is 48.7 Å². The van der Waals surface area contributed by atoms with Gasteiger partial charge in [-0.15, -0.1) is 0 Å². The van der Waals surface area contributed by atoms with Crippen molar-refractivity contribution in [2.75, 3.05) is 7.11 Å². The molecule has 0 fully saturated rings. The number of methoxy groups -OCH3 is 1. The smallest absolute Gasteiger partial charge is 0.137 e. The molecule has 0 atom stereocenters. The van der Waals surface area contributed by atoms with Crippen LogP contribution in [0.3, 0.4) is 0 Å². The molecule has 3 nitrogen and oxygen atoms in total. The fourth-order valence-electron chi connectivity index (χ4n) is 3.00. The number of ether oxygens (including phenoxy) is 1. The highest BCUT2D eigenvalue weighted by Gasteiger charge is 2.10. The molecule has 25 heavy (non-hydrogen) atoms. The summed E-state index contributed by atoms with van der Waals surface area (Å²) in [5, 5.41) is 1.09. The minimum Gasteiger partial charge on any atom is -0.496 e. The molecule has 0 saturated carbocycles. The number of aryl methyl sites for hydroxylation is 1. The molecular formula is C22H22N2O. The van der Waals surface area contributed by atoms with Gasteiger partial charge in [0.1, 0.15) is 11.4 Å². The van der Waals surface area contributed by atoms with Crippen LogP contribution in [0, 0.1) is 6.92 Å². The van der Waals surface area contributed by atoms with Crippen molar-refractivity contribution in [3.63, 3.8) is 0 Å². The van der Waals surface area contributed by atoms with Crippen LogP contribution in [-0.2, 0) is 0 Å². The van der Waals surface area contributed by atoms with Crippen LogP contribution < -0.4 is 4.74 Å². The summed E-state index contributed by atoms with van der Waals surface area (Å²) in [6.07, 6.45) is 11.8. The lowest BCUT2D eigenvalue weighted by Crippen LogP contribution is -1.89. The maximum atomic E-state index is 5.35. The molecule has 0 aliphatic rings. The maximum Gasteiger partial charge on any atom is 0.137 e. The quantitative estimate of drug-likeness (QED) is 0.610. The van der Waals surface area contributed by atoms with Crippen LogP contribution in [0.25, 0.3) is 27.7 Å². The summed E-state index contributed by atoms with van der Waals surface area (Å²) in [6.45, 7) is 7.87. The SMILES string of the molecule is C=C/C=C(\C=C/C)c1c[nH]c2ncc(-c3ccc(OC)c(C)c3)cc12. The van der Waals surface area contributed by atoms with Crippen molar-refractivity contribution in [2.24, 2.45) is 0 Å². The largest absolute Gasteiger partial charge is 0.496 e. The summed E-state index contributed by atoms with van der Waals surface area (Å²) in [5.41, 5.74) is 6.41. The number of nitrogens with zero attached hydrogens (tertiary/aromatic N) is 1. The zero-order valence-corrected chi connectivity index (χ0v) is 14.8. The second-order valence-corrected chi connectivity index (χ2v) is 5.86. The van der Waals surface area contributed by atoms with E-state index in [0.29, 0.717) is 0 Å². The Kier molecular flexibility index (Phi) is 4.85. The van der Waals surface area contributed by atoms with Crippen LogP contribution in [0.4, 0.5) is 0 Å². The highest BCUT2D eigenvalue weighted by atomic mass is 16.5. The maximum absolute atomic E-state index is 5.35. The van der Waals surface area contributed by atoms with E-state index in [2.05, 4.69) is 40.8 Å². The lowest BCUT2D eigenvalue weighted by Gasteiger charge is -2.08. The predicted octanol–water partition coefficient (Wildman–Crippen LogP) is 5.69. The highest BCUT2D eigenvalue weighted by Crippen LogP contribution is 2.31. The number of nitrogens with one attached hydrogen (secondary N) is 1. The van der Waals surface area contributed by atoms with Crippen LogP contribution in [0.5, 0.6) is 5.75 Å². The predicted molar refractivity (Wildman–Crippen MR) is 106 cm³/mol. The summed E-state index contributed by atoms with van der Waals surface area (Å²) in [4.78, 5) is 7.84. The minimum atomic E-state index is 0.878. The molecule has 0 bridgehead atoms. The summed E-state index contributed by atoms with van der Waals surface area (Å²) in [5.74, 6) is 0.893. The monoisotopic (exact) mass is 330 g/mol. The number of hydrogen-bond acceptors (Lipinski definition) is 2. The highest BCUT2D eigenvalue weighted by molar-refractivity contribution is 5.95. The lowest BCUT2D eigenvalue weighted by molar-refractivity contribution is 0.412. The van der Waals surface area contributed by atoms with Gasteiger partial charge in [0.15, 0.2) is 0 Å². The fraction of sp³-hybridized carbons (Fsp3) is 0.136. The summed E-state index contributed by atoms with van der Waals surface area (Å²) in [7, 11) is 1.69. The first-order valence-electron chi connectivity index (χ1n) is 8.26. The van der Waals surface area contributed by atoms with Gasteiger partial charge in [0, 0.05) is 28.9 Å². The standard InChI is InChI=1S/C22H22N2O/c1-5-7-16(8-6-2)20-14-24-22-19(20)12-18(13-23-22)17-9-10-21(25-4)15(3)11-17/h5-14H,1H2,2-4H3,(H,23,24)/b8-6-,16-7+. The van der Waals surface area contributed by atoms with Gasteiger partial charge < -0.3 is 9.72 Å². The Bertz CT molecular complexity index is 977. The summed E-state index contributed by atoms with van der Waals surface area (Å²) in [6, 6.07) is 8.36. The summed E-state index contributed by atoms with van der Waals surface area (Å²) >= 11 is 0. The Labute approximate surface area is 148 Å². The molecule has 1 N–H and O–H groups in total. The molecule has 0 unspecified atom stereocenters. The van der Waals surface area contributed by atoms with E-state index in [-0.39, 0.29) is 0 Å². The van der Waals surface area contributed by atoms with Gasteiger partial charge in [-0.3, -0.25) is 0 Å². The van der Waals surface area contributed by atoms with E-state index >= 15 is 0 Å². The lowest BCUT2D eigenvalue weighted by atomic mass is 10.0. The van der Waals surface area contributed by atoms with Gasteiger partial charge in [0.2, 0.25) is 0 Å². The van der Waals surface area contributed by atoms with Gasteiger partial charge in [0.05, 0.1) is 7.11 Å². The van der Waals surface area contributed by atoms with E-state index in [4.69, 9.17) is 4.74 Å². The molecule has 0 aliphatic carbocycles. The van der Waals surface area contributed by atoms with Gasteiger partial charge in [0.25, 0.3) is 0 Å². The number of rotatable bonds is 5. The zero-order valence-electron chi connectivity index (χ0n) is 14.8. The molecule has 0 saturated heterocycles. The first kappa shape index (κ1) is 16.8. The fourth-order valence-corrected chi connectivity index (χ4v) is 3.00. The third-order valence-corrected chi connectivity index (χ3v) is 4.21. The molecule has 0 radical (unpaired) electrons. The molecule has 0 spiro atoms. The number of fused-ring (bicyclic) bond motifs is 1. The topological polar surface area (TPSA) is 37.9 Å². The van der Waals surface area contributed by atoms with Crippen molar-refractivity contribution in [1.29, 1.82) is 0 Å². The molecule has 3 rings (SSSR count). The average molecular weight is 330 g/mol. The Morgan fingerprint density at radius 2 is 2.08 bits per heavy atom. The van der Waals surface area contributed by atoms with Gasteiger partial charge in [-0.25, -0.2) is 4.98 Å². The van der Waals surface area contributed by atoms with E-state index in [1.807, 2.05) is 44.5 Å². The molecule has 126 valence electrons. The number of aromatic amines is 1. The van der Waals surface area contributed by atoms with Gasteiger partial charge in [-0.2, -0.15) is 0 Å². The molecular weight excluding hydrogens is 308 g/mol. The number of benzene rings is 1. The van der Waals surface area contributed by atoms with E-state index < -0.39 is 0 Å². The summed E-state index contributed by atoms with van der Waals surface area (Å²) < 4.78 is 5.35. The van der Waals surface area contributed by atoms with Crippen LogP contribution in [0.1, 0.15) is 18.1 Å². The Morgan fingerprint density at radius 3 is 2.76 bits per heavy atom. The van der Waals surface area contributed by atoms with Crippen molar-refractivity contribution in [1.82, 2.24) is 9.97 Å². The van der Waals surface area contributed by atoms with Crippen molar-refractivity contribution in [3.8, 4) is 16.9 Å². The molecule has 3 aromatic rings. The Morgan fingerprint density at radius 1 is 1.24 bits per heavy atom. The zero-order chi connectivity index (χ0) is 17.8. The van der Waals surface area contributed by atoms with E-state index in [9.17, 15) is 0 Å². The van der Waals surface area contributed by atoms with Gasteiger partial charge >= 0.3 is 0 Å². The number of hydrogen-bond donors (Lipinski definition) is 1. The van der Waals surface area contributed by atoms with Crippen LogP contribution >= 0.6 is 0 Å². The van der Waals surface area contributed by atoms with Crippen LogP contribution in [0.15, 0.2) is 67.5 Å². The van der Waals surface area contributed by atoms with Crippen LogP contribution in [0.2, 0.25) is 0 Å². The number of aromatic nitrogens is 2. The van der Waals surface area contributed by atoms with Crippen molar-refractivity contribution in [3.05, 3.63) is 78.7 Å². The normalized spacial score (nSPS) is 12.0. The second kappa shape index (κ2) is 7.22. The van der Waals surface area contributed by atoms with E-state index in [1.54, 1.807) is 13.2 Å². The van der Waals surface area contributed by atoms with Crippen molar-refractivity contribution >= 4 is 16.6 Å². The Hall–Kier alpha value is -3.07. The third-order valence-electron chi connectivity index (χ3n) is 4.21. The third kappa shape index (κ3) is 3.26. The first-order chi connectivity index (χ1) is 12.2.